The Bertz CT molecular complexity index is 723. The summed E-state index contributed by atoms with van der Waals surface area (Å²) in [5.74, 6) is -0.755. The molecule has 2 amide bonds. The second-order valence-corrected chi connectivity index (χ2v) is 8.52. The van der Waals surface area contributed by atoms with Crippen LogP contribution < -0.4 is 0 Å². The van der Waals surface area contributed by atoms with Gasteiger partial charge in [-0.3, -0.25) is 8.98 Å². The zero-order valence-corrected chi connectivity index (χ0v) is 15.4. The zero-order chi connectivity index (χ0) is 18.7. The predicted octanol–water partition coefficient (Wildman–Crippen LogP) is 2.46. The van der Waals surface area contributed by atoms with E-state index in [-0.39, 0.29) is 25.1 Å². The lowest BCUT2D eigenvalue weighted by Crippen LogP contribution is -2.47. The molecule has 1 atom stereocenters. The normalized spacial score (nSPS) is 18.9. The van der Waals surface area contributed by atoms with Crippen LogP contribution in [0.1, 0.15) is 39.2 Å². The highest BCUT2D eigenvalue weighted by atomic mass is 32.2. The fourth-order valence-electron chi connectivity index (χ4n) is 2.42. The van der Waals surface area contributed by atoms with Crippen molar-refractivity contribution in [2.24, 2.45) is 0 Å². The van der Waals surface area contributed by atoms with Crippen molar-refractivity contribution < 1.29 is 26.9 Å². The molecule has 0 N–H and O–H groups in total. The van der Waals surface area contributed by atoms with Crippen molar-refractivity contribution in [3.8, 4) is 0 Å². The number of piperidine rings is 1. The highest BCUT2D eigenvalue weighted by molar-refractivity contribution is 7.85. The largest absolute Gasteiger partial charge is 0.443 e. The number of hydrogen-bond acceptors (Lipinski definition) is 6. The molecule has 1 heterocycles. The van der Waals surface area contributed by atoms with Gasteiger partial charge in [-0.2, -0.15) is 8.42 Å². The Morgan fingerprint density at radius 2 is 1.88 bits per heavy atom. The molecule has 1 aromatic rings. The van der Waals surface area contributed by atoms with Gasteiger partial charge in [-0.05, 0) is 32.8 Å². The van der Waals surface area contributed by atoms with E-state index >= 15 is 0 Å². The van der Waals surface area contributed by atoms with E-state index in [9.17, 15) is 18.0 Å². The van der Waals surface area contributed by atoms with E-state index in [4.69, 9.17) is 8.92 Å². The van der Waals surface area contributed by atoms with E-state index < -0.39 is 33.8 Å². The van der Waals surface area contributed by atoms with Gasteiger partial charge in [0, 0.05) is 6.54 Å². The van der Waals surface area contributed by atoms with Crippen molar-refractivity contribution in [3.05, 3.63) is 35.9 Å². The summed E-state index contributed by atoms with van der Waals surface area (Å²) in [7, 11) is -3.81. The van der Waals surface area contributed by atoms with Crippen molar-refractivity contribution >= 4 is 22.1 Å². The van der Waals surface area contributed by atoms with Crippen molar-refractivity contribution in [3.63, 3.8) is 0 Å². The molecule has 25 heavy (non-hydrogen) atoms. The first-order chi connectivity index (χ1) is 11.6. The molecule has 0 spiro atoms. The van der Waals surface area contributed by atoms with E-state index in [1.807, 2.05) is 0 Å². The van der Waals surface area contributed by atoms with Crippen molar-refractivity contribution in [2.75, 3.05) is 6.54 Å². The second kappa shape index (κ2) is 7.53. The smallest absolute Gasteiger partial charge is 0.417 e. The lowest BCUT2D eigenvalue weighted by atomic mass is 10.1. The van der Waals surface area contributed by atoms with Gasteiger partial charge in [-0.15, -0.1) is 0 Å². The minimum Gasteiger partial charge on any atom is -0.443 e. The Balaban J connectivity index is 1.92. The van der Waals surface area contributed by atoms with E-state index in [0.29, 0.717) is 5.56 Å². The van der Waals surface area contributed by atoms with Crippen LogP contribution in [0.4, 0.5) is 4.79 Å². The molecule has 0 aliphatic carbocycles. The number of carbonyl (C=O) groups excluding carboxylic acids is 2. The van der Waals surface area contributed by atoms with Crippen LogP contribution in [0.15, 0.2) is 30.3 Å². The highest BCUT2D eigenvalue weighted by Gasteiger charge is 2.35. The van der Waals surface area contributed by atoms with E-state index in [2.05, 4.69) is 0 Å². The fraction of sp³-hybridized carbons (Fsp3) is 0.529. The maximum Gasteiger partial charge on any atom is 0.417 e. The third-order valence-corrected chi connectivity index (χ3v) is 4.71. The summed E-state index contributed by atoms with van der Waals surface area (Å²) in [6.07, 6.45) is -1.41. The van der Waals surface area contributed by atoms with E-state index in [1.165, 1.54) is 0 Å². The van der Waals surface area contributed by atoms with Crippen LogP contribution in [0, 0.1) is 0 Å². The number of imide groups is 1. The number of carbonyl (C=O) groups is 2. The first kappa shape index (κ1) is 19.4. The van der Waals surface area contributed by atoms with Crippen molar-refractivity contribution in [1.29, 1.82) is 0 Å². The fourth-order valence-corrected chi connectivity index (χ4v) is 3.66. The molecule has 1 fully saturated rings. The van der Waals surface area contributed by atoms with Gasteiger partial charge in [0.1, 0.15) is 11.4 Å². The molecule has 0 aromatic heterocycles. The summed E-state index contributed by atoms with van der Waals surface area (Å²) < 4.78 is 34.6. The second-order valence-electron chi connectivity index (χ2n) is 6.92. The molecular formula is C17H23NO6S. The number of rotatable bonds is 4. The molecule has 0 bridgehead atoms. The van der Waals surface area contributed by atoms with Crippen LogP contribution in [0.3, 0.4) is 0 Å². The first-order valence-corrected chi connectivity index (χ1v) is 9.62. The number of hydrogen-bond donors (Lipinski definition) is 0. The van der Waals surface area contributed by atoms with Gasteiger partial charge in [0.25, 0.3) is 10.1 Å². The Kier molecular flexibility index (Phi) is 5.84. The lowest BCUT2D eigenvalue weighted by Gasteiger charge is -2.31. The van der Waals surface area contributed by atoms with Gasteiger partial charge in [-0.1, -0.05) is 30.3 Å². The Morgan fingerprint density at radius 1 is 1.24 bits per heavy atom. The predicted molar refractivity (Wildman–Crippen MR) is 91.1 cm³/mol. The molecule has 1 aliphatic heterocycles. The first-order valence-electron chi connectivity index (χ1n) is 8.04. The molecule has 1 unspecified atom stereocenters. The molecule has 8 heteroatoms. The number of nitrogens with zero attached hydrogens (tertiary/aromatic N) is 1. The average Bonchev–Trinajstić information content (AvgIpc) is 2.45. The van der Waals surface area contributed by atoms with Gasteiger partial charge < -0.3 is 4.74 Å². The number of amides is 2. The molecule has 2 rings (SSSR count). The number of likely N-dealkylation sites (tertiary alicyclic amines) is 1. The Hall–Kier alpha value is -1.93. The maximum atomic E-state index is 12.1. The molecule has 1 saturated heterocycles. The van der Waals surface area contributed by atoms with Gasteiger partial charge in [0.2, 0.25) is 5.91 Å². The van der Waals surface area contributed by atoms with Crippen LogP contribution >= 0.6 is 0 Å². The topological polar surface area (TPSA) is 90.0 Å². The maximum absolute atomic E-state index is 12.1. The summed E-state index contributed by atoms with van der Waals surface area (Å²) in [5, 5.41) is 0. The van der Waals surface area contributed by atoms with Gasteiger partial charge in [0.15, 0.2) is 0 Å². The summed E-state index contributed by atoms with van der Waals surface area (Å²) >= 11 is 0. The Labute approximate surface area is 148 Å². The third kappa shape index (κ3) is 6.13. The third-order valence-electron chi connectivity index (χ3n) is 3.46. The van der Waals surface area contributed by atoms with Crippen LogP contribution in [0.25, 0.3) is 0 Å². The van der Waals surface area contributed by atoms with E-state index in [0.717, 1.165) is 4.90 Å². The van der Waals surface area contributed by atoms with Gasteiger partial charge >= 0.3 is 6.09 Å². The van der Waals surface area contributed by atoms with Gasteiger partial charge in [0.05, 0.1) is 12.5 Å². The lowest BCUT2D eigenvalue weighted by molar-refractivity contribution is -0.135. The molecule has 1 aliphatic rings. The minimum atomic E-state index is -3.81. The zero-order valence-electron chi connectivity index (χ0n) is 14.6. The molecule has 7 nitrogen and oxygen atoms in total. The van der Waals surface area contributed by atoms with Crippen LogP contribution in [-0.4, -0.2) is 43.6 Å². The molecule has 1 aromatic carbocycles. The van der Waals surface area contributed by atoms with E-state index in [1.54, 1.807) is 51.1 Å². The van der Waals surface area contributed by atoms with Crippen LogP contribution in [0.5, 0.6) is 0 Å². The summed E-state index contributed by atoms with van der Waals surface area (Å²) in [6, 6.07) is 8.66. The van der Waals surface area contributed by atoms with Gasteiger partial charge in [-0.25, -0.2) is 9.69 Å². The molecule has 0 saturated carbocycles. The molecule has 0 radical (unpaired) electrons. The number of ether oxygens (including phenoxy) is 1. The molecular weight excluding hydrogens is 346 g/mol. The monoisotopic (exact) mass is 369 g/mol. The standard InChI is InChI=1S/C17H23NO6S/c1-17(2,3)23-16(20)18-10-9-14(11-15(18)19)24-25(21,22)12-13-7-5-4-6-8-13/h4-8,14H,9-12H2,1-3H3. The van der Waals surface area contributed by atoms with Crippen molar-refractivity contribution in [2.45, 2.75) is 51.1 Å². The minimum absolute atomic E-state index is 0.0687. The van der Waals surface area contributed by atoms with Crippen LogP contribution in [0.2, 0.25) is 0 Å². The summed E-state index contributed by atoms with van der Waals surface area (Å²) in [4.78, 5) is 25.1. The summed E-state index contributed by atoms with van der Waals surface area (Å²) in [6.45, 7) is 5.20. The Morgan fingerprint density at radius 3 is 2.44 bits per heavy atom. The van der Waals surface area contributed by atoms with Crippen LogP contribution in [-0.2, 0) is 29.6 Å². The molecule has 138 valence electrons. The average molecular weight is 369 g/mol. The highest BCUT2D eigenvalue weighted by Crippen LogP contribution is 2.21. The summed E-state index contributed by atoms with van der Waals surface area (Å²) in [5.41, 5.74) is -0.0935. The SMILES string of the molecule is CC(C)(C)OC(=O)N1CCC(OS(=O)(=O)Cc2ccccc2)CC1=O. The number of benzene rings is 1. The van der Waals surface area contributed by atoms with Crippen molar-refractivity contribution in [1.82, 2.24) is 4.90 Å². The quantitative estimate of drug-likeness (QED) is 0.757.